The summed E-state index contributed by atoms with van der Waals surface area (Å²) in [5.41, 5.74) is 2.60. The van der Waals surface area contributed by atoms with Crippen molar-refractivity contribution in [3.8, 4) is 17.3 Å². The van der Waals surface area contributed by atoms with Crippen LogP contribution in [0.5, 0.6) is 11.5 Å². The number of aromatic nitrogens is 4. The van der Waals surface area contributed by atoms with E-state index in [1.54, 1.807) is 20.5 Å². The van der Waals surface area contributed by atoms with Gasteiger partial charge in [0.2, 0.25) is 5.95 Å². The number of hydrogen-bond donors (Lipinski definition) is 2. The molecule has 0 aliphatic heterocycles. The molecule has 0 fully saturated rings. The number of para-hydroxylation sites is 2. The summed E-state index contributed by atoms with van der Waals surface area (Å²) in [6.45, 7) is 8.58. The average molecular weight is 490 g/mol. The zero-order chi connectivity index (χ0) is 25.3. The van der Waals surface area contributed by atoms with Crippen molar-refractivity contribution in [2.45, 2.75) is 26.7 Å². The molecule has 0 unspecified atom stereocenters. The molecule has 2 N–H and O–H groups in total. The zero-order valence-electron chi connectivity index (χ0n) is 21.5. The monoisotopic (exact) mass is 489 g/mol. The Bertz CT molecular complexity index is 1250. The SMILES string of the molecule is CCN(CC)CCCCNc1cc(-n2c(Nc3cc(OC)cc(OC)c3)nc3ccccc32)ncn1. The van der Waals surface area contributed by atoms with E-state index in [2.05, 4.69) is 39.3 Å². The molecule has 4 aromatic rings. The smallest absolute Gasteiger partial charge is 0.214 e. The van der Waals surface area contributed by atoms with Crippen molar-refractivity contribution in [1.29, 1.82) is 0 Å². The van der Waals surface area contributed by atoms with Crippen LogP contribution in [0.1, 0.15) is 26.7 Å². The molecule has 0 amide bonds. The third-order valence-corrected chi connectivity index (χ3v) is 6.15. The predicted molar refractivity (Wildman–Crippen MR) is 145 cm³/mol. The van der Waals surface area contributed by atoms with Crippen molar-refractivity contribution in [2.75, 3.05) is 51.0 Å². The van der Waals surface area contributed by atoms with Crippen molar-refractivity contribution in [1.82, 2.24) is 24.4 Å². The quantitative estimate of drug-likeness (QED) is 0.251. The first-order chi connectivity index (χ1) is 17.6. The molecule has 0 atom stereocenters. The Morgan fingerprint density at radius 3 is 2.39 bits per heavy atom. The molecule has 4 rings (SSSR count). The number of rotatable bonds is 13. The highest BCUT2D eigenvalue weighted by molar-refractivity contribution is 5.82. The summed E-state index contributed by atoms with van der Waals surface area (Å²) in [5.74, 6) is 3.52. The molecular weight excluding hydrogens is 454 g/mol. The minimum absolute atomic E-state index is 0.635. The van der Waals surface area contributed by atoms with Gasteiger partial charge in [0.05, 0.1) is 25.3 Å². The van der Waals surface area contributed by atoms with Gasteiger partial charge in [-0.3, -0.25) is 4.57 Å². The van der Waals surface area contributed by atoms with Gasteiger partial charge in [0, 0.05) is 36.5 Å². The van der Waals surface area contributed by atoms with Gasteiger partial charge in [0.15, 0.2) is 0 Å². The summed E-state index contributed by atoms with van der Waals surface area (Å²) in [6.07, 6.45) is 3.81. The summed E-state index contributed by atoms with van der Waals surface area (Å²) in [5, 5.41) is 6.86. The van der Waals surface area contributed by atoms with E-state index in [1.807, 2.05) is 53.1 Å². The van der Waals surface area contributed by atoms with E-state index in [9.17, 15) is 0 Å². The largest absolute Gasteiger partial charge is 0.497 e. The highest BCUT2D eigenvalue weighted by atomic mass is 16.5. The number of hydrogen-bond acceptors (Lipinski definition) is 8. The average Bonchev–Trinajstić information content (AvgIpc) is 3.28. The molecule has 2 heterocycles. The second kappa shape index (κ2) is 12.2. The van der Waals surface area contributed by atoms with Crippen LogP contribution >= 0.6 is 0 Å². The van der Waals surface area contributed by atoms with Gasteiger partial charge < -0.3 is 25.0 Å². The van der Waals surface area contributed by atoms with E-state index >= 15 is 0 Å². The van der Waals surface area contributed by atoms with E-state index in [0.29, 0.717) is 17.4 Å². The van der Waals surface area contributed by atoms with Gasteiger partial charge in [-0.05, 0) is 44.6 Å². The second-order valence-corrected chi connectivity index (χ2v) is 8.41. The van der Waals surface area contributed by atoms with Crippen molar-refractivity contribution in [3.63, 3.8) is 0 Å². The lowest BCUT2D eigenvalue weighted by Gasteiger charge is -2.17. The molecule has 0 radical (unpaired) electrons. The Labute approximate surface area is 212 Å². The molecule has 36 heavy (non-hydrogen) atoms. The van der Waals surface area contributed by atoms with Gasteiger partial charge in [-0.1, -0.05) is 26.0 Å². The third-order valence-electron chi connectivity index (χ3n) is 6.15. The number of nitrogens with one attached hydrogen (secondary N) is 2. The Morgan fingerprint density at radius 1 is 0.917 bits per heavy atom. The summed E-state index contributed by atoms with van der Waals surface area (Å²) < 4.78 is 12.8. The van der Waals surface area contributed by atoms with Crippen LogP contribution in [0.3, 0.4) is 0 Å². The van der Waals surface area contributed by atoms with Crippen LogP contribution in [0.25, 0.3) is 16.9 Å². The van der Waals surface area contributed by atoms with Crippen LogP contribution in [0.4, 0.5) is 17.5 Å². The van der Waals surface area contributed by atoms with Crippen molar-refractivity contribution < 1.29 is 9.47 Å². The Hall–Kier alpha value is -3.85. The van der Waals surface area contributed by atoms with Crippen LogP contribution in [-0.2, 0) is 0 Å². The standard InChI is InChI=1S/C27H35N7O2/c1-5-33(6-2)14-10-9-13-28-25-18-26(30-19-29-25)34-24-12-8-7-11-23(24)32-27(34)31-20-15-21(35-3)17-22(16-20)36-4/h7-8,11-12,15-19H,5-6,9-10,13-14H2,1-4H3,(H,31,32)(H,28,29,30). The van der Waals surface area contributed by atoms with Gasteiger partial charge in [-0.15, -0.1) is 0 Å². The highest BCUT2D eigenvalue weighted by Crippen LogP contribution is 2.31. The number of benzene rings is 2. The molecular formula is C27H35N7O2. The molecule has 0 saturated carbocycles. The molecule has 0 spiro atoms. The van der Waals surface area contributed by atoms with Crippen LogP contribution in [-0.4, -0.2) is 64.8 Å². The summed E-state index contributed by atoms with van der Waals surface area (Å²) in [4.78, 5) is 16.3. The molecule has 2 aromatic carbocycles. The first kappa shape index (κ1) is 25.2. The fraction of sp³-hybridized carbons (Fsp3) is 0.370. The minimum Gasteiger partial charge on any atom is -0.497 e. The third kappa shape index (κ3) is 6.04. The molecule has 0 aliphatic rings. The maximum absolute atomic E-state index is 5.43. The van der Waals surface area contributed by atoms with Crippen LogP contribution in [0.2, 0.25) is 0 Å². The number of unbranched alkanes of at least 4 members (excludes halogenated alkanes) is 1. The number of imidazole rings is 1. The summed E-state index contributed by atoms with van der Waals surface area (Å²) in [7, 11) is 3.26. The number of methoxy groups -OCH3 is 2. The molecule has 190 valence electrons. The van der Waals surface area contributed by atoms with E-state index in [-0.39, 0.29) is 0 Å². The Balaban J connectivity index is 1.57. The van der Waals surface area contributed by atoms with Gasteiger partial charge >= 0.3 is 0 Å². The van der Waals surface area contributed by atoms with E-state index in [4.69, 9.17) is 14.5 Å². The van der Waals surface area contributed by atoms with E-state index in [0.717, 1.165) is 67.4 Å². The fourth-order valence-electron chi connectivity index (χ4n) is 4.13. The number of fused-ring (bicyclic) bond motifs is 1. The predicted octanol–water partition coefficient (Wildman–Crippen LogP) is 5.11. The normalized spacial score (nSPS) is 11.1. The van der Waals surface area contributed by atoms with E-state index in [1.165, 1.54) is 0 Å². The number of anilines is 3. The lowest BCUT2D eigenvalue weighted by atomic mass is 10.3. The second-order valence-electron chi connectivity index (χ2n) is 8.41. The first-order valence-electron chi connectivity index (χ1n) is 12.4. The van der Waals surface area contributed by atoms with Gasteiger partial charge in [-0.25, -0.2) is 15.0 Å². The summed E-state index contributed by atoms with van der Waals surface area (Å²) >= 11 is 0. The molecule has 9 nitrogen and oxygen atoms in total. The lowest BCUT2D eigenvalue weighted by molar-refractivity contribution is 0.298. The van der Waals surface area contributed by atoms with Crippen LogP contribution in [0.15, 0.2) is 54.9 Å². The Morgan fingerprint density at radius 2 is 1.67 bits per heavy atom. The molecule has 2 aromatic heterocycles. The van der Waals surface area contributed by atoms with Crippen molar-refractivity contribution in [3.05, 3.63) is 54.9 Å². The zero-order valence-corrected chi connectivity index (χ0v) is 21.5. The topological polar surface area (TPSA) is 89.4 Å². The number of nitrogens with zero attached hydrogens (tertiary/aromatic N) is 5. The van der Waals surface area contributed by atoms with E-state index < -0.39 is 0 Å². The molecule has 0 aliphatic carbocycles. The first-order valence-corrected chi connectivity index (χ1v) is 12.4. The Kier molecular flexibility index (Phi) is 8.57. The fourth-order valence-corrected chi connectivity index (χ4v) is 4.13. The van der Waals surface area contributed by atoms with Crippen LogP contribution in [0, 0.1) is 0 Å². The van der Waals surface area contributed by atoms with Crippen molar-refractivity contribution >= 4 is 28.5 Å². The van der Waals surface area contributed by atoms with Crippen molar-refractivity contribution in [2.24, 2.45) is 0 Å². The molecule has 9 heteroatoms. The lowest BCUT2D eigenvalue weighted by Crippen LogP contribution is -2.24. The van der Waals surface area contributed by atoms with Crippen LogP contribution < -0.4 is 20.1 Å². The number of ether oxygens (including phenoxy) is 2. The van der Waals surface area contributed by atoms with Gasteiger partial charge in [0.1, 0.15) is 29.5 Å². The minimum atomic E-state index is 0.635. The summed E-state index contributed by atoms with van der Waals surface area (Å²) in [6, 6.07) is 15.6. The highest BCUT2D eigenvalue weighted by Gasteiger charge is 2.15. The molecule has 0 saturated heterocycles. The maximum atomic E-state index is 5.43. The van der Waals surface area contributed by atoms with Gasteiger partial charge in [-0.2, -0.15) is 0 Å². The van der Waals surface area contributed by atoms with Gasteiger partial charge in [0.25, 0.3) is 0 Å². The maximum Gasteiger partial charge on any atom is 0.214 e. The molecule has 0 bridgehead atoms.